The lowest BCUT2D eigenvalue weighted by Crippen LogP contribution is -2.50. The van der Waals surface area contributed by atoms with E-state index in [1.807, 2.05) is 25.7 Å². The van der Waals surface area contributed by atoms with Gasteiger partial charge in [0, 0.05) is 42.8 Å². The van der Waals surface area contributed by atoms with Crippen molar-refractivity contribution < 1.29 is 28.2 Å². The Hall–Kier alpha value is -3.99. The van der Waals surface area contributed by atoms with Gasteiger partial charge in [-0.05, 0) is 45.0 Å². The van der Waals surface area contributed by atoms with E-state index >= 15 is 0 Å². The van der Waals surface area contributed by atoms with Crippen molar-refractivity contribution in [2.45, 2.75) is 26.4 Å². The minimum Gasteiger partial charge on any atom is -0.465 e. The molecule has 1 fully saturated rings. The highest BCUT2D eigenvalue weighted by molar-refractivity contribution is 6.30. The molecule has 4 rings (SSSR count). The molecule has 0 spiro atoms. The molecule has 3 heterocycles. The summed E-state index contributed by atoms with van der Waals surface area (Å²) < 4.78 is 30.0. The number of nitrogens with zero attached hydrogens (tertiary/aromatic N) is 5. The van der Waals surface area contributed by atoms with Gasteiger partial charge < -0.3 is 24.0 Å². The molecule has 10 nitrogen and oxygen atoms in total. The second-order valence-corrected chi connectivity index (χ2v) is 9.94. The summed E-state index contributed by atoms with van der Waals surface area (Å²) in [7, 11) is 1.25. The van der Waals surface area contributed by atoms with Crippen molar-refractivity contribution >= 4 is 29.6 Å². The van der Waals surface area contributed by atoms with Gasteiger partial charge in [0.05, 0.1) is 30.8 Å². The Labute approximate surface area is 224 Å². The van der Waals surface area contributed by atoms with Crippen LogP contribution in [0, 0.1) is 5.82 Å². The van der Waals surface area contributed by atoms with Crippen LogP contribution in [0.1, 0.15) is 31.1 Å². The van der Waals surface area contributed by atoms with Crippen LogP contribution in [0.5, 0.6) is 11.6 Å². The van der Waals surface area contributed by atoms with Crippen LogP contribution in [-0.2, 0) is 9.47 Å². The van der Waals surface area contributed by atoms with Crippen LogP contribution in [-0.4, -0.2) is 70.8 Å². The summed E-state index contributed by atoms with van der Waals surface area (Å²) in [6.07, 6.45) is 2.62. The third-order valence-corrected chi connectivity index (χ3v) is 5.65. The van der Waals surface area contributed by atoms with Crippen molar-refractivity contribution in [2.24, 2.45) is 0 Å². The van der Waals surface area contributed by atoms with E-state index in [1.165, 1.54) is 49.8 Å². The molecule has 0 atom stereocenters. The maximum atomic E-state index is 13.9. The lowest BCUT2D eigenvalue weighted by atomic mass is 10.1. The Kier molecular flexibility index (Phi) is 7.96. The minimum absolute atomic E-state index is 0.0607. The smallest absolute Gasteiger partial charge is 0.410 e. The fraction of sp³-hybridized carbons (Fsp3) is 0.346. The lowest BCUT2D eigenvalue weighted by molar-refractivity contribution is 0.0240. The largest absolute Gasteiger partial charge is 0.465 e. The van der Waals surface area contributed by atoms with Gasteiger partial charge in [0.2, 0.25) is 11.8 Å². The van der Waals surface area contributed by atoms with E-state index in [0.717, 1.165) is 0 Å². The number of hydrogen-bond donors (Lipinski definition) is 0. The minimum atomic E-state index is -0.613. The van der Waals surface area contributed by atoms with Gasteiger partial charge in [0.25, 0.3) is 0 Å². The Balaban J connectivity index is 1.47. The van der Waals surface area contributed by atoms with Crippen LogP contribution in [0.15, 0.2) is 42.7 Å². The molecule has 1 amide bonds. The zero-order chi connectivity index (χ0) is 27.4. The number of amides is 1. The van der Waals surface area contributed by atoms with E-state index in [2.05, 4.69) is 15.0 Å². The molecular weight excluding hydrogens is 517 g/mol. The molecule has 12 heteroatoms. The summed E-state index contributed by atoms with van der Waals surface area (Å²) in [6, 6.07) is 6.81. The molecule has 1 aliphatic heterocycles. The van der Waals surface area contributed by atoms with Crippen molar-refractivity contribution in [1.29, 1.82) is 0 Å². The molecule has 2 aromatic heterocycles. The van der Waals surface area contributed by atoms with Crippen LogP contribution in [0.25, 0.3) is 11.3 Å². The molecule has 1 aliphatic rings. The number of aromatic nitrogens is 3. The van der Waals surface area contributed by atoms with Gasteiger partial charge in [-0.3, -0.25) is 0 Å². The molecule has 0 aliphatic carbocycles. The summed E-state index contributed by atoms with van der Waals surface area (Å²) in [4.78, 5) is 41.2. The molecular formula is C26H27ClFN5O5. The van der Waals surface area contributed by atoms with Crippen molar-refractivity contribution in [3.05, 3.63) is 59.1 Å². The van der Waals surface area contributed by atoms with Crippen molar-refractivity contribution in [2.75, 3.05) is 38.2 Å². The first kappa shape index (κ1) is 27.1. The Bertz CT molecular complexity index is 1300. The van der Waals surface area contributed by atoms with Gasteiger partial charge in [0.15, 0.2) is 5.75 Å². The van der Waals surface area contributed by atoms with E-state index in [1.54, 1.807) is 4.90 Å². The number of benzene rings is 1. The topological polar surface area (TPSA) is 107 Å². The van der Waals surface area contributed by atoms with Gasteiger partial charge in [0.1, 0.15) is 11.4 Å². The predicted molar refractivity (Wildman–Crippen MR) is 138 cm³/mol. The van der Waals surface area contributed by atoms with E-state index in [4.69, 9.17) is 25.8 Å². The number of halogens is 2. The molecule has 0 bridgehead atoms. The number of piperazine rings is 1. The molecule has 38 heavy (non-hydrogen) atoms. The fourth-order valence-corrected chi connectivity index (χ4v) is 3.93. The summed E-state index contributed by atoms with van der Waals surface area (Å²) in [5, 5.41) is 0.184. The van der Waals surface area contributed by atoms with Gasteiger partial charge in [-0.25, -0.2) is 28.9 Å². The van der Waals surface area contributed by atoms with Gasteiger partial charge >= 0.3 is 12.1 Å². The van der Waals surface area contributed by atoms with Crippen molar-refractivity contribution in [3.63, 3.8) is 0 Å². The molecule has 0 radical (unpaired) electrons. The van der Waals surface area contributed by atoms with Crippen LogP contribution in [0.3, 0.4) is 0 Å². The Morgan fingerprint density at radius 3 is 2.29 bits per heavy atom. The standard InChI is InChI=1S/C26H27ClFN5O5/c1-26(2,3)38-25(35)33-7-5-32(6-8-33)24-29-14-20(15-30-24)37-22-12-17(23(34)36-4)11-21(31-22)16-9-18(27)13-19(28)10-16/h9-15H,5-8H2,1-4H3. The number of esters is 1. The molecule has 0 unspecified atom stereocenters. The first-order valence-corrected chi connectivity index (χ1v) is 12.2. The highest BCUT2D eigenvalue weighted by Gasteiger charge is 2.26. The normalized spacial score (nSPS) is 13.7. The highest BCUT2D eigenvalue weighted by Crippen LogP contribution is 2.28. The number of ether oxygens (including phenoxy) is 3. The van der Waals surface area contributed by atoms with Gasteiger partial charge in [-0.1, -0.05) is 11.6 Å². The van der Waals surface area contributed by atoms with E-state index in [0.29, 0.717) is 37.7 Å². The third kappa shape index (κ3) is 6.86. The summed E-state index contributed by atoms with van der Waals surface area (Å²) in [5.74, 6) is -0.341. The number of rotatable bonds is 5. The van der Waals surface area contributed by atoms with E-state index < -0.39 is 17.4 Å². The second kappa shape index (κ2) is 11.2. The number of hydrogen-bond acceptors (Lipinski definition) is 9. The zero-order valence-corrected chi connectivity index (χ0v) is 22.2. The SMILES string of the molecule is COC(=O)c1cc(Oc2cnc(N3CCN(C(=O)OC(C)(C)C)CC3)nc2)nc(-c2cc(F)cc(Cl)c2)c1. The maximum Gasteiger partial charge on any atom is 0.410 e. The zero-order valence-electron chi connectivity index (χ0n) is 21.4. The molecule has 200 valence electrons. The number of carbonyl (C=O) groups excluding carboxylic acids is 2. The van der Waals surface area contributed by atoms with Gasteiger partial charge in [-0.15, -0.1) is 0 Å². The van der Waals surface area contributed by atoms with Gasteiger partial charge in [-0.2, -0.15) is 0 Å². The van der Waals surface area contributed by atoms with E-state index in [9.17, 15) is 14.0 Å². The molecule has 1 saturated heterocycles. The van der Waals surface area contributed by atoms with Crippen LogP contribution in [0.2, 0.25) is 5.02 Å². The van der Waals surface area contributed by atoms with Crippen LogP contribution >= 0.6 is 11.6 Å². The fourth-order valence-electron chi connectivity index (χ4n) is 3.70. The summed E-state index contributed by atoms with van der Waals surface area (Å²) >= 11 is 5.99. The number of anilines is 1. The van der Waals surface area contributed by atoms with Crippen molar-refractivity contribution in [3.8, 4) is 22.9 Å². The highest BCUT2D eigenvalue weighted by atomic mass is 35.5. The average Bonchev–Trinajstić information content (AvgIpc) is 2.87. The molecule has 0 saturated carbocycles. The van der Waals surface area contributed by atoms with Crippen LogP contribution < -0.4 is 9.64 Å². The average molecular weight is 544 g/mol. The maximum absolute atomic E-state index is 13.9. The van der Waals surface area contributed by atoms with Crippen LogP contribution in [0.4, 0.5) is 15.1 Å². The first-order valence-electron chi connectivity index (χ1n) is 11.8. The Morgan fingerprint density at radius 2 is 1.68 bits per heavy atom. The Morgan fingerprint density at radius 1 is 1.00 bits per heavy atom. The number of carbonyl (C=O) groups is 2. The molecule has 1 aromatic carbocycles. The second-order valence-electron chi connectivity index (χ2n) is 9.50. The lowest BCUT2D eigenvalue weighted by Gasteiger charge is -2.35. The number of pyridine rings is 1. The number of methoxy groups -OCH3 is 1. The quantitative estimate of drug-likeness (QED) is 0.412. The summed E-state index contributed by atoms with van der Waals surface area (Å²) in [6.45, 7) is 7.54. The summed E-state index contributed by atoms with van der Waals surface area (Å²) in [5.41, 5.74) is 0.240. The molecule has 3 aromatic rings. The van der Waals surface area contributed by atoms with E-state index in [-0.39, 0.29) is 34.0 Å². The predicted octanol–water partition coefficient (Wildman–Crippen LogP) is 4.97. The first-order chi connectivity index (χ1) is 18.0. The monoisotopic (exact) mass is 543 g/mol. The molecule has 0 N–H and O–H groups in total. The third-order valence-electron chi connectivity index (χ3n) is 5.43. The van der Waals surface area contributed by atoms with Crippen molar-refractivity contribution in [1.82, 2.24) is 19.9 Å².